The molecule has 0 aromatic heterocycles. The Hall–Kier alpha value is -2.89. The largest absolute Gasteiger partial charge is 0.497 e. The maximum Gasteiger partial charge on any atom is 0.229 e. The van der Waals surface area contributed by atoms with Crippen LogP contribution in [0.15, 0.2) is 48.5 Å². The molecule has 0 aliphatic carbocycles. The molecular weight excluding hydrogens is 311 g/mol. The normalized spacial score (nSPS) is 17.0. The molecule has 6 heteroatoms. The molecular formula is C18H17FN2O3. The number of carbonyl (C=O) groups excluding carboxylic acids is 2. The summed E-state index contributed by atoms with van der Waals surface area (Å²) >= 11 is 0. The quantitative estimate of drug-likeness (QED) is 0.939. The van der Waals surface area contributed by atoms with Crippen LogP contribution in [-0.2, 0) is 9.59 Å². The number of carbonyl (C=O) groups is 2. The fraction of sp³-hybridized carbons (Fsp3) is 0.222. The van der Waals surface area contributed by atoms with E-state index < -0.39 is 11.7 Å². The van der Waals surface area contributed by atoms with Crippen molar-refractivity contribution in [3.63, 3.8) is 0 Å². The number of nitrogens with one attached hydrogen (secondary N) is 1. The molecule has 5 nitrogen and oxygen atoms in total. The predicted octanol–water partition coefficient (Wildman–Crippen LogP) is 2.83. The van der Waals surface area contributed by atoms with Crippen molar-refractivity contribution in [2.75, 3.05) is 23.9 Å². The molecule has 1 atom stereocenters. The van der Waals surface area contributed by atoms with Crippen molar-refractivity contribution in [1.82, 2.24) is 0 Å². The van der Waals surface area contributed by atoms with Crippen LogP contribution in [0.3, 0.4) is 0 Å². The molecule has 1 saturated heterocycles. The van der Waals surface area contributed by atoms with Gasteiger partial charge in [-0.3, -0.25) is 9.59 Å². The van der Waals surface area contributed by atoms with Gasteiger partial charge in [-0.05, 0) is 30.3 Å². The van der Waals surface area contributed by atoms with E-state index in [0.717, 1.165) is 0 Å². The molecule has 1 heterocycles. The van der Waals surface area contributed by atoms with Gasteiger partial charge in [0.15, 0.2) is 0 Å². The van der Waals surface area contributed by atoms with Gasteiger partial charge in [-0.15, -0.1) is 0 Å². The highest BCUT2D eigenvalue weighted by Crippen LogP contribution is 2.28. The van der Waals surface area contributed by atoms with E-state index in [9.17, 15) is 14.0 Å². The molecule has 2 amide bonds. The summed E-state index contributed by atoms with van der Waals surface area (Å²) in [5.41, 5.74) is 1.08. The molecule has 1 aliphatic rings. The minimum Gasteiger partial charge on any atom is -0.497 e. The van der Waals surface area contributed by atoms with Crippen LogP contribution in [0.4, 0.5) is 15.8 Å². The van der Waals surface area contributed by atoms with E-state index in [1.807, 2.05) is 0 Å². The topological polar surface area (TPSA) is 58.6 Å². The summed E-state index contributed by atoms with van der Waals surface area (Å²) in [6.45, 7) is 0.285. The average molecular weight is 328 g/mol. The monoisotopic (exact) mass is 328 g/mol. The van der Waals surface area contributed by atoms with Crippen molar-refractivity contribution in [2.45, 2.75) is 6.42 Å². The number of nitrogens with zero attached hydrogens (tertiary/aromatic N) is 1. The Labute approximate surface area is 139 Å². The van der Waals surface area contributed by atoms with Gasteiger partial charge in [0.05, 0.1) is 13.0 Å². The smallest absolute Gasteiger partial charge is 0.229 e. The molecule has 0 saturated carbocycles. The van der Waals surface area contributed by atoms with E-state index in [2.05, 4.69) is 5.32 Å². The maximum atomic E-state index is 13.2. The summed E-state index contributed by atoms with van der Waals surface area (Å²) in [6.07, 6.45) is 0.123. The summed E-state index contributed by atoms with van der Waals surface area (Å²) in [7, 11) is 1.56. The summed E-state index contributed by atoms with van der Waals surface area (Å²) in [6, 6.07) is 12.8. The van der Waals surface area contributed by atoms with E-state index in [4.69, 9.17) is 4.74 Å². The zero-order valence-corrected chi connectivity index (χ0v) is 13.2. The molecule has 0 bridgehead atoms. The van der Waals surface area contributed by atoms with Gasteiger partial charge >= 0.3 is 0 Å². The Morgan fingerprint density at radius 3 is 2.79 bits per heavy atom. The van der Waals surface area contributed by atoms with Crippen LogP contribution in [0, 0.1) is 11.7 Å². The fourth-order valence-corrected chi connectivity index (χ4v) is 2.72. The first-order valence-electron chi connectivity index (χ1n) is 7.57. The lowest BCUT2D eigenvalue weighted by Crippen LogP contribution is -2.28. The highest BCUT2D eigenvalue weighted by atomic mass is 19.1. The second-order valence-corrected chi connectivity index (χ2v) is 5.61. The van der Waals surface area contributed by atoms with Gasteiger partial charge in [-0.25, -0.2) is 4.39 Å². The molecule has 3 rings (SSSR count). The van der Waals surface area contributed by atoms with Gasteiger partial charge in [0.1, 0.15) is 11.6 Å². The summed E-state index contributed by atoms with van der Waals surface area (Å²) < 4.78 is 18.3. The lowest BCUT2D eigenvalue weighted by molar-refractivity contribution is -0.122. The first kappa shape index (κ1) is 16.0. The minimum absolute atomic E-state index is 0.123. The second-order valence-electron chi connectivity index (χ2n) is 5.61. The predicted molar refractivity (Wildman–Crippen MR) is 88.5 cm³/mol. The fourth-order valence-electron chi connectivity index (χ4n) is 2.72. The molecule has 1 N–H and O–H groups in total. The van der Waals surface area contributed by atoms with Crippen LogP contribution in [-0.4, -0.2) is 25.5 Å². The lowest BCUT2D eigenvalue weighted by atomic mass is 10.1. The van der Waals surface area contributed by atoms with Crippen molar-refractivity contribution in [3.05, 3.63) is 54.3 Å². The Morgan fingerprint density at radius 2 is 2.04 bits per heavy atom. The Balaban J connectivity index is 1.70. The van der Waals surface area contributed by atoms with Crippen molar-refractivity contribution in [1.29, 1.82) is 0 Å². The number of rotatable bonds is 4. The van der Waals surface area contributed by atoms with Gasteiger partial charge in [-0.2, -0.15) is 0 Å². The summed E-state index contributed by atoms with van der Waals surface area (Å²) in [5, 5.41) is 2.66. The Morgan fingerprint density at radius 1 is 1.25 bits per heavy atom. The lowest BCUT2D eigenvalue weighted by Gasteiger charge is -2.17. The molecule has 0 spiro atoms. The van der Waals surface area contributed by atoms with E-state index in [1.165, 1.54) is 18.2 Å². The van der Waals surface area contributed by atoms with Crippen molar-refractivity contribution in [3.8, 4) is 5.75 Å². The number of anilines is 2. The third-order valence-electron chi connectivity index (χ3n) is 3.95. The first-order chi connectivity index (χ1) is 11.6. The summed E-state index contributed by atoms with van der Waals surface area (Å²) in [4.78, 5) is 26.1. The average Bonchev–Trinajstić information content (AvgIpc) is 2.97. The third-order valence-corrected chi connectivity index (χ3v) is 3.95. The minimum atomic E-state index is -0.480. The molecule has 2 aromatic carbocycles. The zero-order valence-electron chi connectivity index (χ0n) is 13.2. The van der Waals surface area contributed by atoms with E-state index in [-0.39, 0.29) is 24.8 Å². The van der Waals surface area contributed by atoms with Crippen molar-refractivity contribution < 1.29 is 18.7 Å². The van der Waals surface area contributed by atoms with Crippen LogP contribution in [0.25, 0.3) is 0 Å². The molecule has 1 aliphatic heterocycles. The first-order valence-corrected chi connectivity index (χ1v) is 7.57. The molecule has 0 radical (unpaired) electrons. The molecule has 124 valence electrons. The van der Waals surface area contributed by atoms with E-state index in [0.29, 0.717) is 17.1 Å². The number of hydrogen-bond donors (Lipinski definition) is 1. The number of benzene rings is 2. The van der Waals surface area contributed by atoms with Crippen molar-refractivity contribution in [2.24, 2.45) is 5.92 Å². The van der Waals surface area contributed by atoms with Crippen molar-refractivity contribution >= 4 is 23.2 Å². The van der Waals surface area contributed by atoms with Crippen LogP contribution in [0.2, 0.25) is 0 Å². The van der Waals surface area contributed by atoms with E-state index >= 15 is 0 Å². The van der Waals surface area contributed by atoms with Crippen LogP contribution < -0.4 is 15.0 Å². The number of amides is 2. The number of hydrogen-bond acceptors (Lipinski definition) is 3. The van der Waals surface area contributed by atoms with E-state index in [1.54, 1.807) is 42.3 Å². The van der Waals surface area contributed by atoms with Gasteiger partial charge in [0, 0.05) is 30.4 Å². The van der Waals surface area contributed by atoms with Crippen LogP contribution >= 0.6 is 0 Å². The number of ether oxygens (including phenoxy) is 1. The van der Waals surface area contributed by atoms with Crippen LogP contribution in [0.1, 0.15) is 6.42 Å². The number of methoxy groups -OCH3 is 1. The number of halogens is 1. The molecule has 2 aromatic rings. The standard InChI is InChI=1S/C18H17FN2O3/c1-24-16-7-3-6-15(10-16)21-11-12(8-17(21)22)18(23)20-14-5-2-4-13(19)9-14/h2-7,9-10,12H,8,11H2,1H3,(H,20,23). The highest BCUT2D eigenvalue weighted by molar-refractivity contribution is 6.03. The maximum absolute atomic E-state index is 13.2. The summed E-state index contributed by atoms with van der Waals surface area (Å²) in [5.74, 6) is -0.671. The molecule has 1 fully saturated rings. The second kappa shape index (κ2) is 6.70. The molecule has 1 unspecified atom stereocenters. The molecule has 24 heavy (non-hydrogen) atoms. The van der Waals surface area contributed by atoms with Gasteiger partial charge in [-0.1, -0.05) is 12.1 Å². The zero-order chi connectivity index (χ0) is 17.1. The Bertz CT molecular complexity index is 778. The Kier molecular flexibility index (Phi) is 4.46. The highest BCUT2D eigenvalue weighted by Gasteiger charge is 2.35. The van der Waals surface area contributed by atoms with Crippen LogP contribution in [0.5, 0.6) is 5.75 Å². The van der Waals surface area contributed by atoms with Gasteiger partial charge in [0.25, 0.3) is 0 Å². The SMILES string of the molecule is COc1cccc(N2CC(C(=O)Nc3cccc(F)c3)CC2=O)c1. The van der Waals surface area contributed by atoms with Gasteiger partial charge in [0.2, 0.25) is 11.8 Å². The van der Waals surface area contributed by atoms with Gasteiger partial charge < -0.3 is 15.0 Å². The third kappa shape index (κ3) is 3.37.